The van der Waals surface area contributed by atoms with E-state index in [2.05, 4.69) is 41.3 Å². The van der Waals surface area contributed by atoms with Crippen molar-refractivity contribution in [3.63, 3.8) is 0 Å². The van der Waals surface area contributed by atoms with E-state index < -0.39 is 0 Å². The zero-order chi connectivity index (χ0) is 22.3. The number of anilines is 3. The molecular formula is C22H24N8O2. The monoisotopic (exact) mass is 432 g/mol. The molecular weight excluding hydrogens is 408 g/mol. The van der Waals surface area contributed by atoms with Gasteiger partial charge in [-0.05, 0) is 43.5 Å². The highest BCUT2D eigenvalue weighted by Gasteiger charge is 2.07. The Hall–Kier alpha value is -4.21. The fourth-order valence-electron chi connectivity index (χ4n) is 3.16. The van der Waals surface area contributed by atoms with Crippen molar-refractivity contribution in [1.82, 2.24) is 30.6 Å². The number of carbonyl (C=O) groups excluding carboxylic acids is 1. The molecule has 164 valence electrons. The van der Waals surface area contributed by atoms with Crippen LogP contribution in [0.5, 0.6) is 0 Å². The molecule has 4 rings (SSSR count). The summed E-state index contributed by atoms with van der Waals surface area (Å²) in [7, 11) is 1.63. The van der Waals surface area contributed by atoms with Crippen LogP contribution < -0.4 is 16.0 Å². The molecule has 4 aromatic rings. The van der Waals surface area contributed by atoms with Crippen LogP contribution in [-0.2, 0) is 19.4 Å². The molecule has 0 saturated carbocycles. The highest BCUT2D eigenvalue weighted by Crippen LogP contribution is 2.16. The minimum atomic E-state index is -0.0884. The van der Waals surface area contributed by atoms with E-state index in [9.17, 15) is 4.79 Å². The summed E-state index contributed by atoms with van der Waals surface area (Å²) in [6.45, 7) is 2.31. The molecule has 0 bridgehead atoms. The lowest BCUT2D eigenvalue weighted by Crippen LogP contribution is -2.17. The van der Waals surface area contributed by atoms with Gasteiger partial charge in [-0.2, -0.15) is 10.1 Å². The molecule has 0 aliphatic carbocycles. The van der Waals surface area contributed by atoms with Gasteiger partial charge < -0.3 is 20.5 Å². The van der Waals surface area contributed by atoms with E-state index in [-0.39, 0.29) is 5.91 Å². The van der Waals surface area contributed by atoms with E-state index >= 15 is 0 Å². The average Bonchev–Trinajstić information content (AvgIpc) is 3.44. The molecule has 10 heteroatoms. The molecule has 10 nitrogen and oxygen atoms in total. The molecule has 0 saturated heterocycles. The van der Waals surface area contributed by atoms with Gasteiger partial charge >= 0.3 is 0 Å². The van der Waals surface area contributed by atoms with Gasteiger partial charge in [0.1, 0.15) is 5.82 Å². The summed E-state index contributed by atoms with van der Waals surface area (Å²) in [5.41, 5.74) is 3.55. The van der Waals surface area contributed by atoms with Gasteiger partial charge in [-0.1, -0.05) is 17.3 Å². The Morgan fingerprint density at radius 1 is 1.12 bits per heavy atom. The fourth-order valence-corrected chi connectivity index (χ4v) is 3.16. The average molecular weight is 432 g/mol. The van der Waals surface area contributed by atoms with Crippen molar-refractivity contribution in [2.24, 2.45) is 0 Å². The van der Waals surface area contributed by atoms with Gasteiger partial charge in [0.25, 0.3) is 5.91 Å². The van der Waals surface area contributed by atoms with E-state index in [1.54, 1.807) is 25.4 Å². The summed E-state index contributed by atoms with van der Waals surface area (Å²) >= 11 is 0. The molecule has 0 unspecified atom stereocenters. The number of nitrogens with one attached hydrogen (secondary N) is 4. The van der Waals surface area contributed by atoms with E-state index in [0.29, 0.717) is 35.5 Å². The third-order valence-corrected chi connectivity index (χ3v) is 4.74. The molecule has 0 radical (unpaired) electrons. The number of H-pyrrole nitrogens is 1. The third kappa shape index (κ3) is 5.48. The second-order valence-electron chi connectivity index (χ2n) is 7.24. The Morgan fingerprint density at radius 3 is 2.84 bits per heavy atom. The first-order valence-electron chi connectivity index (χ1n) is 10.2. The summed E-state index contributed by atoms with van der Waals surface area (Å²) in [5.74, 6) is 2.37. The van der Waals surface area contributed by atoms with E-state index in [1.165, 1.54) is 0 Å². The third-order valence-electron chi connectivity index (χ3n) is 4.74. The molecule has 0 aliphatic rings. The summed E-state index contributed by atoms with van der Waals surface area (Å²) in [6.07, 6.45) is 3.21. The number of aryl methyl sites for hydroxylation is 3. The van der Waals surface area contributed by atoms with Gasteiger partial charge in [-0.25, -0.2) is 4.98 Å². The molecule has 4 N–H and O–H groups in total. The molecule has 0 atom stereocenters. The molecule has 1 aromatic carbocycles. The Morgan fingerprint density at radius 2 is 2.03 bits per heavy atom. The van der Waals surface area contributed by atoms with Gasteiger partial charge in [-0.3, -0.25) is 9.89 Å². The molecule has 32 heavy (non-hydrogen) atoms. The predicted octanol–water partition coefficient (Wildman–Crippen LogP) is 3.00. The second-order valence-corrected chi connectivity index (χ2v) is 7.24. The van der Waals surface area contributed by atoms with Crippen molar-refractivity contribution in [2.75, 3.05) is 17.7 Å². The van der Waals surface area contributed by atoms with Gasteiger partial charge in [0.15, 0.2) is 11.6 Å². The minimum absolute atomic E-state index is 0.0884. The Bertz CT molecular complexity index is 1200. The number of hydrogen-bond donors (Lipinski definition) is 4. The first kappa shape index (κ1) is 21.0. The maximum absolute atomic E-state index is 11.8. The fraction of sp³-hybridized carbons (Fsp3) is 0.227. The van der Waals surface area contributed by atoms with Crippen LogP contribution in [-0.4, -0.2) is 38.3 Å². The number of nitrogens with zero attached hydrogens (tertiary/aromatic N) is 4. The van der Waals surface area contributed by atoms with Gasteiger partial charge in [0.2, 0.25) is 5.95 Å². The van der Waals surface area contributed by atoms with Crippen molar-refractivity contribution in [3.05, 3.63) is 76.9 Å². The van der Waals surface area contributed by atoms with Crippen LogP contribution in [0, 0.1) is 6.92 Å². The Balaban J connectivity index is 1.32. The summed E-state index contributed by atoms with van der Waals surface area (Å²) in [6, 6.07) is 13.2. The van der Waals surface area contributed by atoms with Gasteiger partial charge in [-0.15, -0.1) is 0 Å². The number of aromatic amines is 1. The zero-order valence-corrected chi connectivity index (χ0v) is 17.8. The van der Waals surface area contributed by atoms with Crippen molar-refractivity contribution in [2.45, 2.75) is 26.3 Å². The van der Waals surface area contributed by atoms with Crippen molar-refractivity contribution in [1.29, 1.82) is 0 Å². The highest BCUT2D eigenvalue weighted by molar-refractivity contribution is 5.94. The van der Waals surface area contributed by atoms with Crippen molar-refractivity contribution < 1.29 is 9.32 Å². The maximum atomic E-state index is 11.8. The normalized spacial score (nSPS) is 10.7. The van der Waals surface area contributed by atoms with Crippen LogP contribution >= 0.6 is 0 Å². The minimum Gasteiger partial charge on any atom is -0.359 e. The second kappa shape index (κ2) is 9.73. The van der Waals surface area contributed by atoms with Crippen LogP contribution in [0.4, 0.5) is 17.6 Å². The standard InChI is InChI=1S/C22H24N8O2/c1-14-10-18(32-30-14)13-25-22-24-9-8-19(27-22)26-20-12-17(28-29-20)7-6-15-4-3-5-16(11-15)21(31)23-2/h3-5,8-12H,6-7,13H2,1-2H3,(H,23,31)(H3,24,25,26,27,28,29). The number of benzene rings is 1. The largest absolute Gasteiger partial charge is 0.359 e. The van der Waals surface area contributed by atoms with Crippen LogP contribution in [0.3, 0.4) is 0 Å². The van der Waals surface area contributed by atoms with Crippen molar-refractivity contribution in [3.8, 4) is 0 Å². The van der Waals surface area contributed by atoms with Gasteiger partial charge in [0, 0.05) is 36.6 Å². The quantitative estimate of drug-likeness (QED) is 0.317. The summed E-state index contributed by atoms with van der Waals surface area (Å²) < 4.78 is 5.18. The van der Waals surface area contributed by atoms with E-state index in [0.717, 1.165) is 29.8 Å². The number of carbonyl (C=O) groups is 1. The van der Waals surface area contributed by atoms with Crippen molar-refractivity contribution >= 4 is 23.5 Å². The molecule has 0 aliphatic heterocycles. The van der Waals surface area contributed by atoms with Gasteiger partial charge in [0.05, 0.1) is 12.2 Å². The van der Waals surface area contributed by atoms with E-state index in [4.69, 9.17) is 4.52 Å². The first-order valence-corrected chi connectivity index (χ1v) is 10.2. The number of rotatable bonds is 9. The Kier molecular flexibility index (Phi) is 6.40. The lowest BCUT2D eigenvalue weighted by Gasteiger charge is -2.05. The first-order chi connectivity index (χ1) is 15.6. The molecule has 3 aromatic heterocycles. The number of hydrogen-bond acceptors (Lipinski definition) is 8. The lowest BCUT2D eigenvalue weighted by molar-refractivity contribution is 0.0963. The van der Waals surface area contributed by atoms with Crippen LogP contribution in [0.1, 0.15) is 33.1 Å². The number of aromatic nitrogens is 5. The predicted molar refractivity (Wildman–Crippen MR) is 120 cm³/mol. The maximum Gasteiger partial charge on any atom is 0.251 e. The van der Waals surface area contributed by atoms with E-state index in [1.807, 2.05) is 37.3 Å². The van der Waals surface area contributed by atoms with Crippen LogP contribution in [0.2, 0.25) is 0 Å². The SMILES string of the molecule is CNC(=O)c1cccc(CCc2cc(Nc3ccnc(NCc4cc(C)no4)n3)n[nH]2)c1. The summed E-state index contributed by atoms with van der Waals surface area (Å²) in [5, 5.41) is 20.1. The lowest BCUT2D eigenvalue weighted by atomic mass is 10.0. The van der Waals surface area contributed by atoms with Crippen LogP contribution in [0.25, 0.3) is 0 Å². The molecule has 3 heterocycles. The molecule has 0 fully saturated rings. The highest BCUT2D eigenvalue weighted by atomic mass is 16.5. The smallest absolute Gasteiger partial charge is 0.251 e. The molecule has 1 amide bonds. The Labute approximate surface area is 184 Å². The molecule has 0 spiro atoms. The zero-order valence-electron chi connectivity index (χ0n) is 17.8. The number of amides is 1. The topological polar surface area (TPSA) is 134 Å². The summed E-state index contributed by atoms with van der Waals surface area (Å²) in [4.78, 5) is 20.5. The van der Waals surface area contributed by atoms with Crippen LogP contribution in [0.15, 0.2) is 53.2 Å².